The van der Waals surface area contributed by atoms with Crippen LogP contribution in [0.5, 0.6) is 0 Å². The summed E-state index contributed by atoms with van der Waals surface area (Å²) in [5.41, 5.74) is 2.62. The summed E-state index contributed by atoms with van der Waals surface area (Å²) in [5.74, 6) is -0.226. The van der Waals surface area contributed by atoms with E-state index in [2.05, 4.69) is 10.3 Å². The van der Waals surface area contributed by atoms with Crippen LogP contribution in [0.25, 0.3) is 6.08 Å². The van der Waals surface area contributed by atoms with E-state index in [1.807, 2.05) is 19.1 Å². The molecular weight excluding hydrogens is 386 g/mol. The Bertz CT molecular complexity index is 961. The lowest BCUT2D eigenvalue weighted by molar-refractivity contribution is -0.116. The fraction of sp³-hybridized carbons (Fsp3) is 0.364. The number of aromatic nitrogens is 1. The summed E-state index contributed by atoms with van der Waals surface area (Å²) in [7, 11) is -3.45. The highest BCUT2D eigenvalue weighted by Gasteiger charge is 2.24. The van der Waals surface area contributed by atoms with Gasteiger partial charge in [0.15, 0.2) is 0 Å². The number of nitrogens with zero attached hydrogens (tertiary/aromatic N) is 2. The van der Waals surface area contributed by atoms with Crippen LogP contribution in [0, 0.1) is 6.92 Å². The number of nitrogens with one attached hydrogen (secondary N) is 1. The second kappa shape index (κ2) is 9.80. The van der Waals surface area contributed by atoms with E-state index in [1.54, 1.807) is 40.8 Å². The Morgan fingerprint density at radius 3 is 2.45 bits per heavy atom. The molecule has 1 saturated heterocycles. The molecule has 1 amide bonds. The molecular formula is C22H27N3O3S. The first kappa shape index (κ1) is 21.2. The van der Waals surface area contributed by atoms with Gasteiger partial charge in [-0.3, -0.25) is 9.78 Å². The molecule has 1 aromatic carbocycles. The van der Waals surface area contributed by atoms with Crippen molar-refractivity contribution in [2.24, 2.45) is 0 Å². The van der Waals surface area contributed by atoms with Crippen LogP contribution >= 0.6 is 0 Å². The minimum Gasteiger partial charge on any atom is -0.347 e. The lowest BCUT2D eigenvalue weighted by atomic mass is 10.2. The minimum atomic E-state index is -3.45. The third-order valence-electron chi connectivity index (χ3n) is 5.06. The van der Waals surface area contributed by atoms with E-state index in [1.165, 1.54) is 6.08 Å². The van der Waals surface area contributed by atoms with Crippen molar-refractivity contribution in [2.75, 3.05) is 13.1 Å². The second-order valence-electron chi connectivity index (χ2n) is 7.21. The number of sulfonamides is 1. The van der Waals surface area contributed by atoms with Crippen molar-refractivity contribution in [3.05, 3.63) is 65.5 Å². The zero-order chi connectivity index (χ0) is 20.7. The number of amides is 1. The molecule has 154 valence electrons. The van der Waals surface area contributed by atoms with Gasteiger partial charge in [0, 0.05) is 25.4 Å². The predicted octanol–water partition coefficient (Wildman–Crippen LogP) is 3.28. The first-order valence-corrected chi connectivity index (χ1v) is 11.4. The van der Waals surface area contributed by atoms with Crippen LogP contribution in [0.1, 0.15) is 42.5 Å². The maximum atomic E-state index is 12.8. The monoisotopic (exact) mass is 413 g/mol. The van der Waals surface area contributed by atoms with E-state index in [0.29, 0.717) is 24.5 Å². The normalized spacial score (nSPS) is 15.9. The Morgan fingerprint density at radius 1 is 1.10 bits per heavy atom. The maximum Gasteiger partial charge on any atom is 0.244 e. The summed E-state index contributed by atoms with van der Waals surface area (Å²) in [4.78, 5) is 16.6. The number of carbonyl (C=O) groups excluding carboxylic acids is 1. The molecule has 1 aromatic heterocycles. The number of benzene rings is 1. The number of hydrogen-bond acceptors (Lipinski definition) is 4. The summed E-state index contributed by atoms with van der Waals surface area (Å²) in [5, 5.41) is 2.80. The molecule has 1 aliphatic rings. The van der Waals surface area contributed by atoms with E-state index in [4.69, 9.17) is 0 Å². The molecule has 1 N–H and O–H groups in total. The van der Waals surface area contributed by atoms with Gasteiger partial charge in [-0.25, -0.2) is 8.42 Å². The Morgan fingerprint density at radius 2 is 1.79 bits per heavy atom. The van der Waals surface area contributed by atoms with Gasteiger partial charge in [0.05, 0.1) is 17.1 Å². The van der Waals surface area contributed by atoms with Gasteiger partial charge in [-0.15, -0.1) is 0 Å². The Kier molecular flexibility index (Phi) is 7.17. The molecule has 2 aromatic rings. The largest absolute Gasteiger partial charge is 0.347 e. The molecule has 0 bridgehead atoms. The Balaban J connectivity index is 1.59. The van der Waals surface area contributed by atoms with Gasteiger partial charge in [0.1, 0.15) is 0 Å². The average molecular weight is 414 g/mol. The number of carbonyl (C=O) groups is 1. The van der Waals surface area contributed by atoms with Crippen LogP contribution in [-0.4, -0.2) is 36.7 Å². The highest BCUT2D eigenvalue weighted by atomic mass is 32.2. The molecule has 1 fully saturated rings. The minimum absolute atomic E-state index is 0.226. The van der Waals surface area contributed by atoms with E-state index in [0.717, 1.165) is 42.5 Å². The van der Waals surface area contributed by atoms with Crippen LogP contribution in [0.15, 0.2) is 53.6 Å². The van der Waals surface area contributed by atoms with Gasteiger partial charge in [0.25, 0.3) is 0 Å². The highest BCUT2D eigenvalue weighted by Crippen LogP contribution is 2.21. The second-order valence-corrected chi connectivity index (χ2v) is 9.14. The summed E-state index contributed by atoms with van der Waals surface area (Å²) in [6, 6.07) is 10.5. The standard InChI is InChI=1S/C22H27N3O3S/c1-18-7-6-14-23-21(18)17-24-22(26)13-10-19-8-11-20(12-9-19)29(27,28)25-15-4-2-3-5-16-25/h6-14H,2-5,15-17H2,1H3,(H,24,26)/b13-10+. The van der Waals surface area contributed by atoms with Crippen molar-refractivity contribution < 1.29 is 13.2 Å². The summed E-state index contributed by atoms with van der Waals surface area (Å²) >= 11 is 0. The van der Waals surface area contributed by atoms with Crippen molar-refractivity contribution >= 4 is 22.0 Å². The van der Waals surface area contributed by atoms with Crippen LogP contribution < -0.4 is 5.32 Å². The smallest absolute Gasteiger partial charge is 0.244 e. The average Bonchev–Trinajstić information content (AvgIpc) is 3.02. The van der Waals surface area contributed by atoms with Crippen molar-refractivity contribution in [3.8, 4) is 0 Å². The lowest BCUT2D eigenvalue weighted by Crippen LogP contribution is -2.31. The van der Waals surface area contributed by atoms with Crippen LogP contribution in [0.3, 0.4) is 0 Å². The zero-order valence-electron chi connectivity index (χ0n) is 16.7. The molecule has 29 heavy (non-hydrogen) atoms. The fourth-order valence-electron chi connectivity index (χ4n) is 3.29. The third kappa shape index (κ3) is 5.74. The number of hydrogen-bond donors (Lipinski definition) is 1. The van der Waals surface area contributed by atoms with Crippen molar-refractivity contribution in [1.29, 1.82) is 0 Å². The van der Waals surface area contributed by atoms with Crippen LogP contribution in [-0.2, 0) is 21.4 Å². The van der Waals surface area contributed by atoms with Crippen LogP contribution in [0.2, 0.25) is 0 Å². The van der Waals surface area contributed by atoms with E-state index in [-0.39, 0.29) is 5.91 Å². The topological polar surface area (TPSA) is 79.4 Å². The Labute approximate surface area is 172 Å². The van der Waals surface area contributed by atoms with E-state index < -0.39 is 10.0 Å². The molecule has 0 radical (unpaired) electrons. The number of aryl methyl sites for hydroxylation is 1. The molecule has 0 saturated carbocycles. The molecule has 6 nitrogen and oxygen atoms in total. The number of pyridine rings is 1. The zero-order valence-corrected chi connectivity index (χ0v) is 17.5. The van der Waals surface area contributed by atoms with E-state index >= 15 is 0 Å². The maximum absolute atomic E-state index is 12.8. The molecule has 0 spiro atoms. The van der Waals surface area contributed by atoms with Crippen LogP contribution in [0.4, 0.5) is 0 Å². The van der Waals surface area contributed by atoms with Crippen molar-refractivity contribution in [1.82, 2.24) is 14.6 Å². The van der Waals surface area contributed by atoms with Gasteiger partial charge in [-0.2, -0.15) is 4.31 Å². The van der Waals surface area contributed by atoms with Crippen molar-refractivity contribution in [2.45, 2.75) is 44.0 Å². The number of rotatable bonds is 6. The molecule has 0 unspecified atom stereocenters. The highest BCUT2D eigenvalue weighted by molar-refractivity contribution is 7.89. The quantitative estimate of drug-likeness (QED) is 0.737. The van der Waals surface area contributed by atoms with Gasteiger partial charge in [-0.05, 0) is 55.2 Å². The molecule has 2 heterocycles. The molecule has 3 rings (SSSR count). The van der Waals surface area contributed by atoms with Gasteiger partial charge in [-0.1, -0.05) is 31.0 Å². The summed E-state index contributed by atoms with van der Waals surface area (Å²) in [6.07, 6.45) is 8.79. The first-order valence-electron chi connectivity index (χ1n) is 9.93. The van der Waals surface area contributed by atoms with E-state index in [9.17, 15) is 13.2 Å². The first-order chi connectivity index (χ1) is 14.0. The molecule has 7 heteroatoms. The molecule has 0 aliphatic carbocycles. The van der Waals surface area contributed by atoms with Crippen molar-refractivity contribution in [3.63, 3.8) is 0 Å². The predicted molar refractivity (Wildman–Crippen MR) is 114 cm³/mol. The van der Waals surface area contributed by atoms with Gasteiger partial charge >= 0.3 is 0 Å². The Hall–Kier alpha value is -2.51. The third-order valence-corrected chi connectivity index (χ3v) is 6.97. The summed E-state index contributed by atoms with van der Waals surface area (Å²) < 4.78 is 27.2. The van der Waals surface area contributed by atoms with Gasteiger partial charge in [0.2, 0.25) is 15.9 Å². The SMILES string of the molecule is Cc1cccnc1CNC(=O)/C=C/c1ccc(S(=O)(=O)N2CCCCCC2)cc1. The molecule has 1 aliphatic heterocycles. The fourth-order valence-corrected chi connectivity index (χ4v) is 4.80. The molecule has 0 atom stereocenters. The van der Waals surface area contributed by atoms with Gasteiger partial charge < -0.3 is 5.32 Å². The lowest BCUT2D eigenvalue weighted by Gasteiger charge is -2.19. The summed E-state index contributed by atoms with van der Waals surface area (Å²) in [6.45, 7) is 3.48.